The van der Waals surface area contributed by atoms with Gasteiger partial charge in [0.1, 0.15) is 0 Å². The van der Waals surface area contributed by atoms with Gasteiger partial charge in [-0.25, -0.2) is 4.68 Å². The molecule has 0 atom stereocenters. The zero-order valence-corrected chi connectivity index (χ0v) is 10.2. The number of non-ortho nitro benzene ring substituents is 1. The van der Waals surface area contributed by atoms with Crippen molar-refractivity contribution in [2.75, 3.05) is 6.61 Å². The summed E-state index contributed by atoms with van der Waals surface area (Å²) in [6.45, 7) is 4.30. The van der Waals surface area contributed by atoms with Crippen LogP contribution in [0.1, 0.15) is 12.6 Å². The van der Waals surface area contributed by atoms with Crippen molar-refractivity contribution in [3.63, 3.8) is 0 Å². The Bertz CT molecular complexity index is 560. The molecule has 0 unspecified atom stereocenters. The lowest BCUT2D eigenvalue weighted by molar-refractivity contribution is -0.384. The lowest BCUT2D eigenvalue weighted by Gasteiger charge is -2.06. The van der Waals surface area contributed by atoms with Gasteiger partial charge in [0.2, 0.25) is 5.88 Å². The lowest BCUT2D eigenvalue weighted by atomic mass is 10.3. The van der Waals surface area contributed by atoms with E-state index in [0.717, 1.165) is 11.4 Å². The predicted molar refractivity (Wildman–Crippen MR) is 66.1 cm³/mol. The SMILES string of the molecule is CCOc1cc(C)nn1-c1ccc([N+](=O)[O-])cc1. The fourth-order valence-corrected chi connectivity index (χ4v) is 1.63. The number of hydrogen-bond acceptors (Lipinski definition) is 4. The smallest absolute Gasteiger partial charge is 0.269 e. The Labute approximate surface area is 104 Å². The minimum Gasteiger partial charge on any atom is -0.478 e. The average molecular weight is 247 g/mol. The molecule has 0 amide bonds. The zero-order valence-electron chi connectivity index (χ0n) is 10.2. The van der Waals surface area contributed by atoms with Crippen molar-refractivity contribution in [1.29, 1.82) is 0 Å². The number of nitrogens with zero attached hydrogens (tertiary/aromatic N) is 3. The van der Waals surface area contributed by atoms with Crippen LogP contribution in [0.2, 0.25) is 0 Å². The fraction of sp³-hybridized carbons (Fsp3) is 0.250. The Balaban J connectivity index is 2.38. The van der Waals surface area contributed by atoms with E-state index in [1.165, 1.54) is 12.1 Å². The molecule has 0 radical (unpaired) electrons. The van der Waals surface area contributed by atoms with Crippen molar-refractivity contribution in [3.8, 4) is 11.6 Å². The van der Waals surface area contributed by atoms with Gasteiger partial charge in [-0.05, 0) is 26.0 Å². The van der Waals surface area contributed by atoms with Crippen LogP contribution < -0.4 is 4.74 Å². The molecule has 0 saturated heterocycles. The normalized spacial score (nSPS) is 10.3. The largest absolute Gasteiger partial charge is 0.478 e. The van der Waals surface area contributed by atoms with Crippen LogP contribution in [-0.2, 0) is 0 Å². The monoisotopic (exact) mass is 247 g/mol. The van der Waals surface area contributed by atoms with Crippen molar-refractivity contribution in [2.24, 2.45) is 0 Å². The second kappa shape index (κ2) is 4.87. The standard InChI is InChI=1S/C12H13N3O3/c1-3-18-12-8-9(2)13-14(12)10-4-6-11(7-5-10)15(16)17/h4-8H,3H2,1-2H3. The third kappa shape index (κ3) is 2.32. The molecule has 2 aromatic rings. The number of benzene rings is 1. The van der Waals surface area contributed by atoms with Crippen molar-refractivity contribution in [2.45, 2.75) is 13.8 Å². The molecule has 0 aliphatic heterocycles. The summed E-state index contributed by atoms with van der Waals surface area (Å²) in [4.78, 5) is 10.2. The topological polar surface area (TPSA) is 70.2 Å². The van der Waals surface area contributed by atoms with E-state index in [1.54, 1.807) is 16.8 Å². The highest BCUT2D eigenvalue weighted by molar-refractivity contribution is 5.42. The number of aryl methyl sites for hydroxylation is 1. The molecule has 1 heterocycles. The molecule has 0 bridgehead atoms. The van der Waals surface area contributed by atoms with Gasteiger partial charge < -0.3 is 4.74 Å². The van der Waals surface area contributed by atoms with Crippen LogP contribution >= 0.6 is 0 Å². The third-order valence-corrected chi connectivity index (χ3v) is 2.40. The van der Waals surface area contributed by atoms with Gasteiger partial charge >= 0.3 is 0 Å². The number of nitro groups is 1. The predicted octanol–water partition coefficient (Wildman–Crippen LogP) is 2.49. The number of nitro benzene ring substituents is 1. The highest BCUT2D eigenvalue weighted by atomic mass is 16.6. The minimum atomic E-state index is -0.429. The molecule has 0 aliphatic rings. The van der Waals surface area contributed by atoms with Crippen molar-refractivity contribution >= 4 is 5.69 Å². The molecule has 0 aliphatic carbocycles. The van der Waals surface area contributed by atoms with Gasteiger partial charge in [0, 0.05) is 18.2 Å². The summed E-state index contributed by atoms with van der Waals surface area (Å²) in [6.07, 6.45) is 0. The molecule has 0 spiro atoms. The molecule has 0 fully saturated rings. The minimum absolute atomic E-state index is 0.0561. The molecule has 2 rings (SSSR count). The molecule has 0 N–H and O–H groups in total. The molecule has 1 aromatic carbocycles. The van der Waals surface area contributed by atoms with Crippen LogP contribution in [0, 0.1) is 17.0 Å². The quantitative estimate of drug-likeness (QED) is 0.614. The number of rotatable bonds is 4. The molecule has 1 aromatic heterocycles. The Morgan fingerprint density at radius 2 is 2.06 bits per heavy atom. The Morgan fingerprint density at radius 1 is 1.39 bits per heavy atom. The summed E-state index contributed by atoms with van der Waals surface area (Å²) >= 11 is 0. The first-order valence-electron chi connectivity index (χ1n) is 5.56. The first-order chi connectivity index (χ1) is 8.61. The van der Waals surface area contributed by atoms with Crippen LogP contribution in [0.3, 0.4) is 0 Å². The third-order valence-electron chi connectivity index (χ3n) is 2.40. The van der Waals surface area contributed by atoms with Gasteiger partial charge in [0.05, 0.1) is 22.9 Å². The van der Waals surface area contributed by atoms with E-state index in [9.17, 15) is 10.1 Å². The molecule has 6 nitrogen and oxygen atoms in total. The first-order valence-corrected chi connectivity index (χ1v) is 5.56. The van der Waals surface area contributed by atoms with Gasteiger partial charge in [-0.3, -0.25) is 10.1 Å². The molecular weight excluding hydrogens is 234 g/mol. The summed E-state index contributed by atoms with van der Waals surface area (Å²) in [5.41, 5.74) is 1.62. The van der Waals surface area contributed by atoms with Gasteiger partial charge in [-0.2, -0.15) is 5.10 Å². The second-order valence-corrected chi connectivity index (χ2v) is 3.74. The van der Waals surface area contributed by atoms with Crippen LogP contribution in [0.5, 0.6) is 5.88 Å². The summed E-state index contributed by atoms with van der Waals surface area (Å²) in [7, 11) is 0. The van der Waals surface area contributed by atoms with Gasteiger partial charge in [-0.1, -0.05) is 0 Å². The van der Waals surface area contributed by atoms with Gasteiger partial charge in [0.15, 0.2) is 0 Å². The van der Waals surface area contributed by atoms with Crippen molar-refractivity contribution in [1.82, 2.24) is 9.78 Å². The summed E-state index contributed by atoms with van der Waals surface area (Å²) < 4.78 is 7.08. The van der Waals surface area contributed by atoms with E-state index in [1.807, 2.05) is 19.9 Å². The maximum atomic E-state index is 10.6. The highest BCUT2D eigenvalue weighted by Gasteiger charge is 2.10. The number of ether oxygens (including phenoxy) is 1. The first kappa shape index (κ1) is 12.1. The molecule has 0 saturated carbocycles. The Kier molecular flexibility index (Phi) is 3.27. The van der Waals surface area contributed by atoms with E-state index in [0.29, 0.717) is 12.5 Å². The molecular formula is C12H13N3O3. The van der Waals surface area contributed by atoms with Crippen LogP contribution in [-0.4, -0.2) is 21.3 Å². The summed E-state index contributed by atoms with van der Waals surface area (Å²) in [6, 6.07) is 8.01. The van der Waals surface area contributed by atoms with E-state index in [4.69, 9.17) is 4.74 Å². The molecule has 18 heavy (non-hydrogen) atoms. The fourth-order valence-electron chi connectivity index (χ4n) is 1.63. The number of aromatic nitrogens is 2. The number of hydrogen-bond donors (Lipinski definition) is 0. The van der Waals surface area contributed by atoms with E-state index in [2.05, 4.69) is 5.10 Å². The second-order valence-electron chi connectivity index (χ2n) is 3.74. The Morgan fingerprint density at radius 3 is 2.61 bits per heavy atom. The average Bonchev–Trinajstić information content (AvgIpc) is 2.71. The van der Waals surface area contributed by atoms with Crippen molar-refractivity contribution < 1.29 is 9.66 Å². The van der Waals surface area contributed by atoms with Crippen LogP contribution in [0.25, 0.3) is 5.69 Å². The van der Waals surface area contributed by atoms with Gasteiger partial charge in [-0.15, -0.1) is 0 Å². The maximum absolute atomic E-state index is 10.6. The van der Waals surface area contributed by atoms with Crippen LogP contribution in [0.4, 0.5) is 5.69 Å². The van der Waals surface area contributed by atoms with E-state index < -0.39 is 4.92 Å². The van der Waals surface area contributed by atoms with Crippen LogP contribution in [0.15, 0.2) is 30.3 Å². The zero-order chi connectivity index (χ0) is 13.1. The van der Waals surface area contributed by atoms with Crippen molar-refractivity contribution in [3.05, 3.63) is 46.1 Å². The maximum Gasteiger partial charge on any atom is 0.269 e. The Hall–Kier alpha value is -2.37. The summed E-state index contributed by atoms with van der Waals surface area (Å²) in [5.74, 6) is 0.629. The highest BCUT2D eigenvalue weighted by Crippen LogP contribution is 2.21. The van der Waals surface area contributed by atoms with Gasteiger partial charge in [0.25, 0.3) is 5.69 Å². The van der Waals surface area contributed by atoms with E-state index >= 15 is 0 Å². The molecule has 94 valence electrons. The lowest BCUT2D eigenvalue weighted by Crippen LogP contribution is -2.02. The van der Waals surface area contributed by atoms with E-state index in [-0.39, 0.29) is 5.69 Å². The molecule has 6 heteroatoms. The summed E-state index contributed by atoms with van der Waals surface area (Å²) in [5, 5.41) is 14.9.